The first-order valence-electron chi connectivity index (χ1n) is 19.1. The molecule has 1 radical (unpaired) electrons. The van der Waals surface area contributed by atoms with E-state index in [9.17, 15) is 0 Å². The monoisotopic (exact) mass is 666 g/mol. The predicted octanol–water partition coefficient (Wildman–Crippen LogP) is 11.9. The first-order chi connectivity index (χ1) is 24.1. The van der Waals surface area contributed by atoms with Crippen molar-refractivity contribution in [1.82, 2.24) is 0 Å². The highest BCUT2D eigenvalue weighted by Crippen LogP contribution is 2.51. The lowest BCUT2D eigenvalue weighted by atomic mass is 9.54. The Hall–Kier alpha value is -4.30. The van der Waals surface area contributed by atoms with E-state index < -0.39 is 0 Å². The second kappa shape index (κ2) is 11.6. The summed E-state index contributed by atoms with van der Waals surface area (Å²) < 4.78 is 0. The van der Waals surface area contributed by atoms with Crippen LogP contribution >= 0.6 is 0 Å². The molecule has 5 aromatic rings. The van der Waals surface area contributed by atoms with Gasteiger partial charge in [-0.2, -0.15) is 0 Å². The Labute approximate surface area is 308 Å². The third-order valence-electron chi connectivity index (χ3n) is 12.8. The fraction of sp³-hybridized carbons (Fsp3) is 0.347. The summed E-state index contributed by atoms with van der Waals surface area (Å²) in [6, 6.07) is 36.7. The molecule has 0 aromatic heterocycles. The minimum atomic E-state index is 0.0833. The van der Waals surface area contributed by atoms with Crippen molar-refractivity contribution in [1.29, 1.82) is 0 Å². The highest BCUT2D eigenvalue weighted by atomic mass is 15.1. The molecule has 0 spiro atoms. The van der Waals surface area contributed by atoms with Gasteiger partial charge in [0.2, 0.25) is 0 Å². The smallest absolute Gasteiger partial charge is 0.197 e. The molecule has 0 N–H and O–H groups in total. The van der Waals surface area contributed by atoms with Crippen molar-refractivity contribution in [2.75, 3.05) is 4.90 Å². The largest absolute Gasteiger partial charge is 0.312 e. The summed E-state index contributed by atoms with van der Waals surface area (Å²) in [7, 11) is 2.50. The highest BCUT2D eigenvalue weighted by molar-refractivity contribution is 6.73. The molecule has 0 saturated carbocycles. The quantitative estimate of drug-likeness (QED) is 0.169. The molecule has 2 heteroatoms. The Kier molecular flexibility index (Phi) is 7.70. The summed E-state index contributed by atoms with van der Waals surface area (Å²) in [4.78, 5) is 2.54. The number of nitrogens with zero attached hydrogens (tertiary/aromatic N) is 1. The molecule has 1 heterocycles. The average molecular weight is 667 g/mol. The normalized spacial score (nSPS) is 18.8. The van der Waals surface area contributed by atoms with Gasteiger partial charge >= 0.3 is 0 Å². The summed E-state index contributed by atoms with van der Waals surface area (Å²) in [5.41, 5.74) is 19.9. The fourth-order valence-electron chi connectivity index (χ4n) is 9.29. The maximum atomic E-state index is 4.80. The van der Waals surface area contributed by atoms with E-state index in [1.165, 1.54) is 104 Å². The van der Waals surface area contributed by atoms with Crippen molar-refractivity contribution in [3.63, 3.8) is 0 Å². The van der Waals surface area contributed by atoms with Crippen LogP contribution < -0.4 is 15.8 Å². The van der Waals surface area contributed by atoms with Crippen LogP contribution in [0, 0.1) is 6.92 Å². The van der Waals surface area contributed by atoms with Crippen LogP contribution in [0.25, 0.3) is 16.7 Å². The second-order valence-electron chi connectivity index (χ2n) is 18.3. The van der Waals surface area contributed by atoms with Gasteiger partial charge in [-0.15, -0.1) is 0 Å². The first-order valence-corrected chi connectivity index (χ1v) is 19.1. The zero-order valence-corrected chi connectivity index (χ0v) is 32.3. The Morgan fingerprint density at radius 1 is 0.569 bits per heavy atom. The molecule has 2 aliphatic carbocycles. The van der Waals surface area contributed by atoms with Crippen LogP contribution in [-0.2, 0) is 21.7 Å². The van der Waals surface area contributed by atoms with Gasteiger partial charge in [0.15, 0.2) is 7.28 Å². The van der Waals surface area contributed by atoms with E-state index in [0.717, 1.165) is 5.57 Å². The molecule has 51 heavy (non-hydrogen) atoms. The van der Waals surface area contributed by atoms with Gasteiger partial charge in [-0.25, -0.2) is 0 Å². The zero-order chi connectivity index (χ0) is 36.1. The second-order valence-corrected chi connectivity index (χ2v) is 18.3. The maximum Gasteiger partial charge on any atom is 0.197 e. The Morgan fingerprint density at radius 2 is 1.08 bits per heavy atom. The van der Waals surface area contributed by atoms with Crippen LogP contribution in [0.2, 0.25) is 0 Å². The van der Waals surface area contributed by atoms with Gasteiger partial charge in [-0.1, -0.05) is 134 Å². The highest BCUT2D eigenvalue weighted by Gasteiger charge is 2.41. The van der Waals surface area contributed by atoms with Crippen LogP contribution in [0.1, 0.15) is 120 Å². The lowest BCUT2D eigenvalue weighted by molar-refractivity contribution is 0.332. The van der Waals surface area contributed by atoms with Crippen LogP contribution in [0.4, 0.5) is 17.1 Å². The van der Waals surface area contributed by atoms with Gasteiger partial charge in [0, 0.05) is 17.1 Å². The van der Waals surface area contributed by atoms with Gasteiger partial charge in [0.1, 0.15) is 0 Å². The summed E-state index contributed by atoms with van der Waals surface area (Å²) in [5, 5.41) is 0. The molecule has 0 atom stereocenters. The number of aryl methyl sites for hydroxylation is 1. The van der Waals surface area contributed by atoms with Crippen molar-refractivity contribution >= 4 is 40.8 Å². The topological polar surface area (TPSA) is 3.24 Å². The van der Waals surface area contributed by atoms with Crippen LogP contribution in [0.15, 0.2) is 104 Å². The number of fused-ring (bicyclic) bond motifs is 4. The predicted molar refractivity (Wildman–Crippen MR) is 221 cm³/mol. The SMILES string of the molecule is C=C(c1ccccc1)c1cc2c(cc1-c1cc(C)cc3c1[B]c1cc4c(cc1N3c1ccccc1)C(C)(C)CCC4(C)C)C(C)(C)CCC2(C)C. The lowest BCUT2D eigenvalue weighted by Crippen LogP contribution is -2.44. The summed E-state index contributed by atoms with van der Waals surface area (Å²) in [6.45, 7) is 26.5. The third kappa shape index (κ3) is 5.52. The molecule has 0 amide bonds. The summed E-state index contributed by atoms with van der Waals surface area (Å²) >= 11 is 0. The first kappa shape index (κ1) is 33.8. The standard InChI is InChI=1S/C49H53BN/c1-31-25-37(36-28-39-38(46(3,4)21-22-47(39,5)6)27-35(36)32(2)33-17-13-11-14-18-33)45-44(26-31)51(34-19-15-12-16-20-34)43-30-41-40(29-42(43)50-45)48(7,8)23-24-49(41,9)10/h11-20,25-30H,2,21-24H2,1,3-10H3. The molecule has 257 valence electrons. The van der Waals surface area contributed by atoms with Crippen LogP contribution in [-0.4, -0.2) is 7.28 Å². The van der Waals surface area contributed by atoms with Crippen molar-refractivity contribution in [2.45, 2.75) is 110 Å². The van der Waals surface area contributed by atoms with E-state index in [4.69, 9.17) is 6.58 Å². The van der Waals surface area contributed by atoms with E-state index >= 15 is 0 Å². The molecule has 1 aliphatic heterocycles. The molecule has 5 aromatic carbocycles. The lowest BCUT2D eigenvalue weighted by Gasteiger charge is -2.44. The number of hydrogen-bond donors (Lipinski definition) is 0. The van der Waals surface area contributed by atoms with Crippen molar-refractivity contribution in [3.8, 4) is 11.1 Å². The molecule has 0 fully saturated rings. The molecular formula is C49H53BN. The summed E-state index contributed by atoms with van der Waals surface area (Å²) in [6.07, 6.45) is 4.75. The molecule has 0 bridgehead atoms. The average Bonchev–Trinajstić information content (AvgIpc) is 3.10. The number of para-hydroxylation sites is 1. The van der Waals surface area contributed by atoms with E-state index in [1.54, 1.807) is 0 Å². The van der Waals surface area contributed by atoms with Gasteiger partial charge in [0.25, 0.3) is 0 Å². The van der Waals surface area contributed by atoms with Crippen LogP contribution in [0.3, 0.4) is 0 Å². The Bertz CT molecular complexity index is 2200. The number of benzene rings is 5. The van der Waals surface area contributed by atoms with Gasteiger partial charge < -0.3 is 4.90 Å². The van der Waals surface area contributed by atoms with Crippen molar-refractivity contribution < 1.29 is 0 Å². The maximum absolute atomic E-state index is 4.80. The number of rotatable bonds is 4. The molecule has 0 saturated heterocycles. The molecule has 8 rings (SSSR count). The number of hydrogen-bond acceptors (Lipinski definition) is 1. The fourth-order valence-corrected chi connectivity index (χ4v) is 9.29. The number of anilines is 3. The minimum absolute atomic E-state index is 0.0833. The molecule has 3 aliphatic rings. The van der Waals surface area contributed by atoms with E-state index in [1.807, 2.05) is 0 Å². The van der Waals surface area contributed by atoms with E-state index in [2.05, 4.69) is 172 Å². The molecule has 1 nitrogen and oxygen atoms in total. The third-order valence-corrected chi connectivity index (χ3v) is 12.8. The van der Waals surface area contributed by atoms with Crippen molar-refractivity contribution in [3.05, 3.63) is 143 Å². The van der Waals surface area contributed by atoms with Crippen molar-refractivity contribution in [2.24, 2.45) is 0 Å². The van der Waals surface area contributed by atoms with E-state index in [0.29, 0.717) is 0 Å². The van der Waals surface area contributed by atoms with Gasteiger partial charge in [-0.3, -0.25) is 0 Å². The minimum Gasteiger partial charge on any atom is -0.312 e. The zero-order valence-electron chi connectivity index (χ0n) is 32.3. The molecule has 0 unspecified atom stereocenters. The molecular weight excluding hydrogens is 613 g/mol. The van der Waals surface area contributed by atoms with Crippen LogP contribution in [0.5, 0.6) is 0 Å². The Balaban J connectivity index is 1.43. The van der Waals surface area contributed by atoms with Gasteiger partial charge in [-0.05, 0) is 146 Å². The van der Waals surface area contributed by atoms with Gasteiger partial charge in [0.05, 0.1) is 0 Å². The Morgan fingerprint density at radius 3 is 1.67 bits per heavy atom. The van der Waals surface area contributed by atoms with E-state index in [-0.39, 0.29) is 21.7 Å². The summed E-state index contributed by atoms with van der Waals surface area (Å²) in [5.74, 6) is 0.